The van der Waals surface area contributed by atoms with E-state index >= 15 is 0 Å². The van der Waals surface area contributed by atoms with Crippen molar-refractivity contribution in [2.75, 3.05) is 13.6 Å². The third kappa shape index (κ3) is 5.16. The summed E-state index contributed by atoms with van der Waals surface area (Å²) < 4.78 is 11.7. The van der Waals surface area contributed by atoms with Crippen molar-refractivity contribution < 1.29 is 18.7 Å². The van der Waals surface area contributed by atoms with Crippen LogP contribution in [0.25, 0.3) is 11.0 Å². The molecule has 0 fully saturated rings. The number of likely N-dealkylation sites (N-methyl/N-ethyl adjacent to an activating group) is 1. The number of para-hydroxylation sites is 2. The lowest BCUT2D eigenvalue weighted by molar-refractivity contribution is -0.122. The van der Waals surface area contributed by atoms with Gasteiger partial charge in [0.05, 0.1) is 6.54 Å². The minimum atomic E-state index is -0.366. The predicted molar refractivity (Wildman–Crippen MR) is 112 cm³/mol. The smallest absolute Gasteiger partial charge is 0.290 e. The molecule has 0 atom stereocenters. The summed E-state index contributed by atoms with van der Waals surface area (Å²) in [4.78, 5) is 26.6. The molecule has 1 heterocycles. The van der Waals surface area contributed by atoms with Gasteiger partial charge in [0.2, 0.25) is 5.91 Å². The van der Waals surface area contributed by atoms with Crippen LogP contribution >= 0.6 is 0 Å². The number of carbonyl (C=O) groups is 2. The first kappa shape index (κ1) is 20.5. The van der Waals surface area contributed by atoms with Crippen molar-refractivity contribution in [2.24, 2.45) is 0 Å². The van der Waals surface area contributed by atoms with Crippen LogP contribution < -0.4 is 10.1 Å². The Labute approximate surface area is 170 Å². The highest BCUT2D eigenvalue weighted by Gasteiger charge is 2.25. The molecule has 0 saturated heterocycles. The van der Waals surface area contributed by atoms with Crippen molar-refractivity contribution in [3.8, 4) is 5.75 Å². The molecule has 0 aliphatic heterocycles. The number of rotatable bonds is 6. The molecule has 152 valence electrons. The number of carbonyl (C=O) groups excluding carboxylic acids is 2. The number of amides is 2. The quantitative estimate of drug-likeness (QED) is 0.686. The Hall–Kier alpha value is -3.28. The van der Waals surface area contributed by atoms with E-state index in [9.17, 15) is 9.59 Å². The fraction of sp³-hybridized carbons (Fsp3) is 0.304. The maximum atomic E-state index is 13.0. The molecule has 1 aromatic heterocycles. The molecule has 0 bridgehead atoms. The summed E-state index contributed by atoms with van der Waals surface area (Å²) >= 11 is 0. The Morgan fingerprint density at radius 3 is 2.38 bits per heavy atom. The number of fused-ring (bicyclic) bond motifs is 1. The number of hydrogen-bond acceptors (Lipinski definition) is 4. The van der Waals surface area contributed by atoms with Gasteiger partial charge >= 0.3 is 0 Å². The Balaban J connectivity index is 1.83. The van der Waals surface area contributed by atoms with Crippen LogP contribution in [0, 0.1) is 0 Å². The number of furan rings is 1. The van der Waals surface area contributed by atoms with E-state index in [4.69, 9.17) is 9.15 Å². The monoisotopic (exact) mass is 394 g/mol. The topological polar surface area (TPSA) is 71.8 Å². The number of ether oxygens (including phenoxy) is 1. The molecule has 0 aliphatic rings. The maximum Gasteiger partial charge on any atom is 0.290 e. The van der Waals surface area contributed by atoms with Crippen LogP contribution in [-0.2, 0) is 11.4 Å². The Bertz CT molecular complexity index is 1000. The first-order valence-electron chi connectivity index (χ1n) is 9.49. The van der Waals surface area contributed by atoms with Gasteiger partial charge in [-0.2, -0.15) is 0 Å². The molecule has 0 spiro atoms. The van der Waals surface area contributed by atoms with Gasteiger partial charge in [-0.15, -0.1) is 0 Å². The zero-order valence-corrected chi connectivity index (χ0v) is 17.2. The summed E-state index contributed by atoms with van der Waals surface area (Å²) in [5, 5.41) is 3.67. The summed E-state index contributed by atoms with van der Waals surface area (Å²) in [7, 11) is 1.58. The molecule has 2 aromatic carbocycles. The van der Waals surface area contributed by atoms with E-state index in [-0.39, 0.29) is 36.3 Å². The number of nitrogens with one attached hydrogen (secondary N) is 1. The summed E-state index contributed by atoms with van der Waals surface area (Å²) in [6.07, 6.45) is 0. The molecule has 0 aliphatic carbocycles. The largest absolute Gasteiger partial charge is 0.489 e. The van der Waals surface area contributed by atoms with Crippen molar-refractivity contribution in [1.82, 2.24) is 10.2 Å². The van der Waals surface area contributed by atoms with Crippen LogP contribution in [0.4, 0.5) is 0 Å². The number of benzene rings is 2. The van der Waals surface area contributed by atoms with Crippen LogP contribution in [0.5, 0.6) is 5.75 Å². The zero-order chi connectivity index (χ0) is 21.0. The predicted octanol–water partition coefficient (Wildman–Crippen LogP) is 4.00. The van der Waals surface area contributed by atoms with Crippen LogP contribution in [0.2, 0.25) is 0 Å². The van der Waals surface area contributed by atoms with Gasteiger partial charge < -0.3 is 19.4 Å². The van der Waals surface area contributed by atoms with Crippen LogP contribution in [-0.4, -0.2) is 35.8 Å². The SMILES string of the molecule is CN(CC(=O)NC(C)(C)C)C(=O)c1oc2ccccc2c1COc1ccccc1. The minimum absolute atomic E-state index is 0.0634. The molecule has 0 unspecified atom stereocenters. The van der Waals surface area contributed by atoms with Gasteiger partial charge in [-0.25, -0.2) is 0 Å². The summed E-state index contributed by atoms with van der Waals surface area (Å²) in [6.45, 7) is 5.80. The zero-order valence-electron chi connectivity index (χ0n) is 17.2. The fourth-order valence-corrected chi connectivity index (χ4v) is 3.01. The molecule has 6 nitrogen and oxygen atoms in total. The molecule has 0 saturated carbocycles. The minimum Gasteiger partial charge on any atom is -0.489 e. The van der Waals surface area contributed by atoms with E-state index in [1.54, 1.807) is 7.05 Å². The second-order valence-corrected chi connectivity index (χ2v) is 7.97. The Kier molecular flexibility index (Phi) is 5.92. The molecule has 1 N–H and O–H groups in total. The van der Waals surface area contributed by atoms with Crippen molar-refractivity contribution in [3.63, 3.8) is 0 Å². The van der Waals surface area contributed by atoms with Gasteiger partial charge in [-0.3, -0.25) is 9.59 Å². The first-order valence-corrected chi connectivity index (χ1v) is 9.49. The van der Waals surface area contributed by atoms with Gasteiger partial charge in [0, 0.05) is 23.5 Å². The van der Waals surface area contributed by atoms with Crippen molar-refractivity contribution in [1.29, 1.82) is 0 Å². The highest BCUT2D eigenvalue weighted by molar-refractivity contribution is 6.00. The van der Waals surface area contributed by atoms with E-state index in [0.29, 0.717) is 16.9 Å². The van der Waals surface area contributed by atoms with E-state index in [1.165, 1.54) is 4.90 Å². The van der Waals surface area contributed by atoms with Gasteiger partial charge in [-0.05, 0) is 39.0 Å². The van der Waals surface area contributed by atoms with Gasteiger partial charge in [-0.1, -0.05) is 36.4 Å². The summed E-state index contributed by atoms with van der Waals surface area (Å²) in [5.74, 6) is 0.297. The highest BCUT2D eigenvalue weighted by Crippen LogP contribution is 2.28. The standard InChI is InChI=1S/C23H26N2O4/c1-23(2,3)24-20(26)14-25(4)22(27)21-18(15-28-16-10-6-5-7-11-16)17-12-8-9-13-19(17)29-21/h5-13H,14-15H2,1-4H3,(H,24,26). The van der Waals surface area contributed by atoms with E-state index in [0.717, 1.165) is 5.39 Å². The van der Waals surface area contributed by atoms with Crippen molar-refractivity contribution >= 4 is 22.8 Å². The van der Waals surface area contributed by atoms with E-state index < -0.39 is 0 Å². The molecular formula is C23H26N2O4. The molecule has 3 rings (SSSR count). The molecule has 29 heavy (non-hydrogen) atoms. The molecule has 0 radical (unpaired) electrons. The fourth-order valence-electron chi connectivity index (χ4n) is 3.01. The number of nitrogens with zero attached hydrogens (tertiary/aromatic N) is 1. The van der Waals surface area contributed by atoms with Crippen LogP contribution in [0.3, 0.4) is 0 Å². The second kappa shape index (κ2) is 8.39. The lowest BCUT2D eigenvalue weighted by Gasteiger charge is -2.23. The first-order chi connectivity index (χ1) is 13.7. The van der Waals surface area contributed by atoms with Gasteiger partial charge in [0.25, 0.3) is 5.91 Å². The van der Waals surface area contributed by atoms with Crippen LogP contribution in [0.15, 0.2) is 59.0 Å². The van der Waals surface area contributed by atoms with Gasteiger partial charge in [0.1, 0.15) is 17.9 Å². The third-order valence-electron chi connectivity index (χ3n) is 4.26. The summed E-state index contributed by atoms with van der Waals surface area (Å²) in [5.41, 5.74) is 0.905. The lowest BCUT2D eigenvalue weighted by atomic mass is 10.1. The summed E-state index contributed by atoms with van der Waals surface area (Å²) in [6, 6.07) is 16.8. The Morgan fingerprint density at radius 1 is 1.03 bits per heavy atom. The average Bonchev–Trinajstić information content (AvgIpc) is 3.03. The molecule has 6 heteroatoms. The van der Waals surface area contributed by atoms with Crippen molar-refractivity contribution in [3.05, 3.63) is 65.9 Å². The molecular weight excluding hydrogens is 368 g/mol. The van der Waals surface area contributed by atoms with Crippen molar-refractivity contribution in [2.45, 2.75) is 32.9 Å². The normalized spacial score (nSPS) is 11.3. The number of hydrogen-bond donors (Lipinski definition) is 1. The van der Waals surface area contributed by atoms with E-state index in [2.05, 4.69) is 5.32 Å². The average molecular weight is 394 g/mol. The second-order valence-electron chi connectivity index (χ2n) is 7.97. The molecule has 2 amide bonds. The lowest BCUT2D eigenvalue weighted by Crippen LogP contribution is -2.46. The van der Waals surface area contributed by atoms with E-state index in [1.807, 2.05) is 75.4 Å². The van der Waals surface area contributed by atoms with Gasteiger partial charge in [0.15, 0.2) is 5.76 Å². The molecule has 3 aromatic rings. The maximum absolute atomic E-state index is 13.0. The third-order valence-corrected chi connectivity index (χ3v) is 4.26. The highest BCUT2D eigenvalue weighted by atomic mass is 16.5. The Morgan fingerprint density at radius 2 is 1.69 bits per heavy atom. The van der Waals surface area contributed by atoms with Crippen LogP contribution in [0.1, 0.15) is 36.9 Å².